The second kappa shape index (κ2) is 6.43. The lowest BCUT2D eigenvalue weighted by atomic mass is 9.88. The molecule has 8 heteroatoms. The van der Waals surface area contributed by atoms with Gasteiger partial charge in [0.15, 0.2) is 11.6 Å². The standard InChI is InChI=1S/C20H18F2N4S2/c1-20(2)11(3-6-25-20)14-7-10-13(4-5-23-19(10)28-14)26-17-12(21)8-15-18(16(17)22)24-9-27-15/h4-5,7-9,11,25H,3,6H2,1-2H3,(H,23,26)/t11-/m0/s1. The van der Waals surface area contributed by atoms with Crippen molar-refractivity contribution in [3.63, 3.8) is 0 Å². The zero-order chi connectivity index (χ0) is 19.5. The lowest BCUT2D eigenvalue weighted by Gasteiger charge is -2.26. The van der Waals surface area contributed by atoms with Crippen LogP contribution in [0.25, 0.3) is 20.4 Å². The van der Waals surface area contributed by atoms with E-state index in [4.69, 9.17) is 0 Å². The molecule has 3 aromatic heterocycles. The van der Waals surface area contributed by atoms with E-state index in [-0.39, 0.29) is 16.7 Å². The lowest BCUT2D eigenvalue weighted by Crippen LogP contribution is -2.36. The van der Waals surface area contributed by atoms with Crippen LogP contribution in [-0.2, 0) is 0 Å². The summed E-state index contributed by atoms with van der Waals surface area (Å²) < 4.78 is 29.9. The number of nitrogens with zero attached hydrogens (tertiary/aromatic N) is 2. The number of thiazole rings is 1. The Hall–Kier alpha value is -2.16. The minimum absolute atomic E-state index is 0.0162. The van der Waals surface area contributed by atoms with Gasteiger partial charge in [0, 0.05) is 27.9 Å². The van der Waals surface area contributed by atoms with Gasteiger partial charge in [0.2, 0.25) is 0 Å². The van der Waals surface area contributed by atoms with Crippen molar-refractivity contribution in [3.05, 3.63) is 46.4 Å². The van der Waals surface area contributed by atoms with E-state index in [0.717, 1.165) is 23.2 Å². The minimum atomic E-state index is -0.669. The number of aromatic nitrogens is 2. The first-order valence-corrected chi connectivity index (χ1v) is 10.8. The highest BCUT2D eigenvalue weighted by atomic mass is 32.1. The molecule has 1 aromatic carbocycles. The van der Waals surface area contributed by atoms with Crippen molar-refractivity contribution in [1.29, 1.82) is 0 Å². The molecule has 0 saturated carbocycles. The van der Waals surface area contributed by atoms with Gasteiger partial charge in [-0.05, 0) is 45.0 Å². The Bertz CT molecular complexity index is 1200. The monoisotopic (exact) mass is 416 g/mol. The smallest absolute Gasteiger partial charge is 0.176 e. The molecule has 2 N–H and O–H groups in total. The molecular formula is C20H18F2N4S2. The maximum absolute atomic E-state index is 14.8. The van der Waals surface area contributed by atoms with Crippen LogP contribution < -0.4 is 10.6 Å². The molecule has 0 spiro atoms. The van der Waals surface area contributed by atoms with Crippen molar-refractivity contribution in [2.75, 3.05) is 11.9 Å². The van der Waals surface area contributed by atoms with Gasteiger partial charge in [-0.3, -0.25) is 0 Å². The molecular weight excluding hydrogens is 398 g/mol. The fourth-order valence-corrected chi connectivity index (χ4v) is 5.99. The molecule has 1 saturated heterocycles. The number of fused-ring (bicyclic) bond motifs is 2. The number of thiophene rings is 1. The average molecular weight is 417 g/mol. The summed E-state index contributed by atoms with van der Waals surface area (Å²) in [5.74, 6) is -0.909. The molecule has 0 unspecified atom stereocenters. The molecule has 28 heavy (non-hydrogen) atoms. The van der Waals surface area contributed by atoms with Crippen molar-refractivity contribution in [2.24, 2.45) is 0 Å². The van der Waals surface area contributed by atoms with Crippen LogP contribution in [0.3, 0.4) is 0 Å². The third-order valence-electron chi connectivity index (χ3n) is 5.46. The fourth-order valence-electron chi connectivity index (χ4n) is 3.94. The number of hydrogen-bond donors (Lipinski definition) is 2. The van der Waals surface area contributed by atoms with Gasteiger partial charge in [-0.25, -0.2) is 18.7 Å². The van der Waals surface area contributed by atoms with Crippen LogP contribution in [0.1, 0.15) is 31.1 Å². The quantitative estimate of drug-likeness (QED) is 0.444. The summed E-state index contributed by atoms with van der Waals surface area (Å²) in [5, 5.41) is 7.37. The van der Waals surface area contributed by atoms with E-state index in [1.807, 2.05) is 0 Å². The number of halogens is 2. The summed E-state index contributed by atoms with van der Waals surface area (Å²) >= 11 is 2.86. The Morgan fingerprint density at radius 3 is 2.89 bits per heavy atom. The highest BCUT2D eigenvalue weighted by Crippen LogP contribution is 2.42. The molecule has 0 radical (unpaired) electrons. The molecule has 4 nitrogen and oxygen atoms in total. The topological polar surface area (TPSA) is 49.8 Å². The van der Waals surface area contributed by atoms with Gasteiger partial charge in [0.05, 0.1) is 15.9 Å². The second-order valence-electron chi connectivity index (χ2n) is 7.59. The van der Waals surface area contributed by atoms with Crippen molar-refractivity contribution >= 4 is 54.5 Å². The minimum Gasteiger partial charge on any atom is -0.350 e. The van der Waals surface area contributed by atoms with Crippen molar-refractivity contribution in [2.45, 2.75) is 31.7 Å². The predicted molar refractivity (Wildman–Crippen MR) is 112 cm³/mol. The van der Waals surface area contributed by atoms with Crippen molar-refractivity contribution in [1.82, 2.24) is 15.3 Å². The highest BCUT2D eigenvalue weighted by Gasteiger charge is 2.36. The summed E-state index contributed by atoms with van der Waals surface area (Å²) in [4.78, 5) is 10.6. The van der Waals surface area contributed by atoms with Crippen LogP contribution in [-0.4, -0.2) is 22.1 Å². The van der Waals surface area contributed by atoms with Crippen LogP contribution in [0.2, 0.25) is 0 Å². The second-order valence-corrected chi connectivity index (χ2v) is 9.54. The SMILES string of the molecule is CC1(C)NCC[C@H]1c1cc2c(Nc3c(F)cc4scnc4c3F)ccnc2s1. The lowest BCUT2D eigenvalue weighted by molar-refractivity contribution is 0.415. The Morgan fingerprint density at radius 2 is 2.11 bits per heavy atom. The van der Waals surface area contributed by atoms with Crippen molar-refractivity contribution < 1.29 is 8.78 Å². The largest absolute Gasteiger partial charge is 0.350 e. The molecule has 0 aliphatic carbocycles. The van der Waals surface area contributed by atoms with Crippen LogP contribution in [0.15, 0.2) is 29.9 Å². The van der Waals surface area contributed by atoms with E-state index in [9.17, 15) is 8.78 Å². The number of pyridine rings is 1. The van der Waals surface area contributed by atoms with Gasteiger partial charge in [-0.15, -0.1) is 22.7 Å². The fraction of sp³-hybridized carbons (Fsp3) is 0.300. The van der Waals surface area contributed by atoms with E-state index < -0.39 is 11.6 Å². The molecule has 5 rings (SSSR count). The summed E-state index contributed by atoms with van der Waals surface area (Å²) in [7, 11) is 0. The van der Waals surface area contributed by atoms with E-state index in [2.05, 4.69) is 40.5 Å². The molecule has 1 atom stereocenters. The number of hydrogen-bond acceptors (Lipinski definition) is 6. The zero-order valence-electron chi connectivity index (χ0n) is 15.3. The molecule has 1 aliphatic rings. The summed E-state index contributed by atoms with van der Waals surface area (Å²) in [6.45, 7) is 5.39. The van der Waals surface area contributed by atoms with Crippen LogP contribution in [0.5, 0.6) is 0 Å². The molecule has 1 aliphatic heterocycles. The Kier molecular flexibility index (Phi) is 4.12. The summed E-state index contributed by atoms with van der Waals surface area (Å²) in [6, 6.07) is 5.18. The van der Waals surface area contributed by atoms with E-state index >= 15 is 0 Å². The van der Waals surface area contributed by atoms with E-state index in [1.54, 1.807) is 23.6 Å². The summed E-state index contributed by atoms with van der Waals surface area (Å²) in [6.07, 6.45) is 2.73. The Balaban J connectivity index is 1.59. The first-order valence-electron chi connectivity index (χ1n) is 9.06. The van der Waals surface area contributed by atoms with Gasteiger partial charge < -0.3 is 10.6 Å². The third kappa shape index (κ3) is 2.78. The highest BCUT2D eigenvalue weighted by molar-refractivity contribution is 7.18. The van der Waals surface area contributed by atoms with Crippen LogP contribution in [0.4, 0.5) is 20.2 Å². The Labute approximate surface area is 168 Å². The van der Waals surface area contributed by atoms with E-state index in [1.165, 1.54) is 27.8 Å². The normalized spacial score (nSPS) is 18.9. The van der Waals surface area contributed by atoms with Crippen LogP contribution in [0, 0.1) is 11.6 Å². The van der Waals surface area contributed by atoms with Gasteiger partial charge in [-0.1, -0.05) is 0 Å². The Morgan fingerprint density at radius 1 is 1.25 bits per heavy atom. The van der Waals surface area contributed by atoms with E-state index in [0.29, 0.717) is 16.3 Å². The molecule has 4 aromatic rings. The molecule has 0 amide bonds. The predicted octanol–water partition coefficient (Wildman–Crippen LogP) is 5.78. The van der Waals surface area contributed by atoms with Gasteiger partial charge in [0.25, 0.3) is 0 Å². The maximum Gasteiger partial charge on any atom is 0.176 e. The first kappa shape index (κ1) is 17.9. The number of rotatable bonds is 3. The summed E-state index contributed by atoms with van der Waals surface area (Å²) in [5.41, 5.74) is 2.18. The maximum atomic E-state index is 14.8. The molecule has 4 heterocycles. The van der Waals surface area contributed by atoms with Crippen molar-refractivity contribution in [3.8, 4) is 0 Å². The van der Waals surface area contributed by atoms with Gasteiger partial charge in [0.1, 0.15) is 16.0 Å². The molecule has 1 fully saturated rings. The van der Waals surface area contributed by atoms with Gasteiger partial charge in [-0.2, -0.15) is 0 Å². The van der Waals surface area contributed by atoms with Gasteiger partial charge >= 0.3 is 0 Å². The van der Waals surface area contributed by atoms with Crippen LogP contribution >= 0.6 is 22.7 Å². The average Bonchev–Trinajstić information content (AvgIpc) is 3.35. The molecule has 0 bridgehead atoms. The number of nitrogens with one attached hydrogen (secondary N) is 2. The number of anilines is 2. The zero-order valence-corrected chi connectivity index (χ0v) is 17.0. The molecule has 144 valence electrons. The first-order chi connectivity index (χ1) is 13.4. The third-order valence-corrected chi connectivity index (χ3v) is 7.39. The number of benzene rings is 1.